The van der Waals surface area contributed by atoms with Crippen LogP contribution in [0.15, 0.2) is 76.0 Å². The van der Waals surface area contributed by atoms with Crippen LogP contribution in [0.25, 0.3) is 0 Å². The van der Waals surface area contributed by atoms with E-state index < -0.39 is 5.60 Å². The average Bonchev–Trinajstić information content (AvgIpc) is 3.35. The van der Waals surface area contributed by atoms with E-state index in [-0.39, 0.29) is 5.92 Å². The van der Waals surface area contributed by atoms with Gasteiger partial charge in [-0.05, 0) is 102 Å². The van der Waals surface area contributed by atoms with Gasteiger partial charge in [-0.2, -0.15) is 0 Å². The molecule has 4 rings (SSSR count). The van der Waals surface area contributed by atoms with E-state index in [0.717, 1.165) is 73.0 Å². The number of hydrogen-bond acceptors (Lipinski definition) is 5. The Morgan fingerprint density at radius 1 is 1.26 bits per heavy atom. The van der Waals surface area contributed by atoms with Crippen LogP contribution in [0, 0.1) is 5.92 Å². The van der Waals surface area contributed by atoms with E-state index >= 15 is 0 Å². The molecule has 1 fully saturated rings. The molecule has 5 nitrogen and oxygen atoms in total. The van der Waals surface area contributed by atoms with Crippen molar-refractivity contribution in [3.8, 4) is 0 Å². The Kier molecular flexibility index (Phi) is 9.92. The van der Waals surface area contributed by atoms with Gasteiger partial charge in [-0.3, -0.25) is 9.89 Å². The summed E-state index contributed by atoms with van der Waals surface area (Å²) in [5.41, 5.74) is 4.60. The molecule has 0 spiro atoms. The van der Waals surface area contributed by atoms with Crippen LogP contribution in [-0.2, 0) is 6.54 Å². The van der Waals surface area contributed by atoms with E-state index in [1.807, 2.05) is 32.1 Å². The standard InChI is InChI=1S/C33H46ClN3O2/c1-23(2)37(21-25-10-13-27(34)14-11-25)28-16-19-36(22-28)18-7-9-30(29-8-6-17-35-24(29)3)31-20-26(33(4,5)39)12-15-32(31)38/h8-15,23,26,28,38-39H,6-7,16-22H2,1-5H3/b30-9+/t26?,28-/m1/s1. The first-order valence-electron chi connectivity index (χ1n) is 14.5. The Balaban J connectivity index is 1.46. The summed E-state index contributed by atoms with van der Waals surface area (Å²) in [6.45, 7) is 15.2. The van der Waals surface area contributed by atoms with Gasteiger partial charge < -0.3 is 15.1 Å². The van der Waals surface area contributed by atoms with Crippen molar-refractivity contribution in [2.45, 2.75) is 84.5 Å². The predicted octanol–water partition coefficient (Wildman–Crippen LogP) is 6.89. The van der Waals surface area contributed by atoms with Crippen LogP contribution in [-0.4, -0.2) is 69.6 Å². The zero-order valence-electron chi connectivity index (χ0n) is 24.3. The molecule has 0 amide bonds. The van der Waals surface area contributed by atoms with Crippen molar-refractivity contribution in [1.82, 2.24) is 9.80 Å². The zero-order chi connectivity index (χ0) is 28.2. The lowest BCUT2D eigenvalue weighted by Gasteiger charge is -2.33. The van der Waals surface area contributed by atoms with Crippen LogP contribution in [0.1, 0.15) is 65.9 Å². The summed E-state index contributed by atoms with van der Waals surface area (Å²) in [6.07, 6.45) is 11.8. The molecule has 0 radical (unpaired) electrons. The monoisotopic (exact) mass is 551 g/mol. The fourth-order valence-electron chi connectivity index (χ4n) is 6.02. The predicted molar refractivity (Wildman–Crippen MR) is 164 cm³/mol. The molecule has 1 aromatic rings. The lowest BCUT2D eigenvalue weighted by Crippen LogP contribution is -2.41. The van der Waals surface area contributed by atoms with Crippen LogP contribution >= 0.6 is 11.6 Å². The lowest BCUT2D eigenvalue weighted by molar-refractivity contribution is 0.0361. The number of dihydropyridines is 1. The molecule has 212 valence electrons. The molecule has 1 aliphatic carbocycles. The summed E-state index contributed by atoms with van der Waals surface area (Å²) in [7, 11) is 0. The summed E-state index contributed by atoms with van der Waals surface area (Å²) < 4.78 is 0. The average molecular weight is 552 g/mol. The van der Waals surface area contributed by atoms with Gasteiger partial charge in [0.05, 0.1) is 5.60 Å². The zero-order valence-corrected chi connectivity index (χ0v) is 25.1. The fourth-order valence-corrected chi connectivity index (χ4v) is 6.15. The quantitative estimate of drug-likeness (QED) is 0.332. The Morgan fingerprint density at radius 2 is 2.00 bits per heavy atom. The number of allylic oxidation sites excluding steroid dienone is 4. The number of hydrogen-bond donors (Lipinski definition) is 2. The largest absolute Gasteiger partial charge is 0.508 e. The maximum absolute atomic E-state index is 10.9. The highest BCUT2D eigenvalue weighted by molar-refractivity contribution is 6.30. The molecule has 1 aromatic carbocycles. The Labute approximate surface area is 240 Å². The highest BCUT2D eigenvalue weighted by atomic mass is 35.5. The number of aliphatic imine (C=N–C) groups is 1. The molecular formula is C33H46ClN3O2. The summed E-state index contributed by atoms with van der Waals surface area (Å²) >= 11 is 6.10. The first kappa shape index (κ1) is 29.8. The first-order valence-corrected chi connectivity index (χ1v) is 14.9. The van der Waals surface area contributed by atoms with E-state index in [4.69, 9.17) is 16.6 Å². The highest BCUT2D eigenvalue weighted by Gasteiger charge is 2.32. The first-order chi connectivity index (χ1) is 18.5. The van der Waals surface area contributed by atoms with Crippen molar-refractivity contribution in [2.75, 3.05) is 26.2 Å². The van der Waals surface area contributed by atoms with E-state index in [0.29, 0.717) is 24.3 Å². The smallest absolute Gasteiger partial charge is 0.119 e. The minimum atomic E-state index is -0.851. The van der Waals surface area contributed by atoms with Crippen molar-refractivity contribution < 1.29 is 10.2 Å². The molecular weight excluding hydrogens is 506 g/mol. The number of benzene rings is 1. The van der Waals surface area contributed by atoms with Gasteiger partial charge in [0.1, 0.15) is 5.76 Å². The van der Waals surface area contributed by atoms with Gasteiger partial charge in [-0.15, -0.1) is 0 Å². The van der Waals surface area contributed by atoms with Crippen molar-refractivity contribution in [2.24, 2.45) is 10.9 Å². The number of aliphatic hydroxyl groups excluding tert-OH is 1. The maximum Gasteiger partial charge on any atom is 0.119 e. The molecule has 0 saturated carbocycles. The molecule has 2 N–H and O–H groups in total. The number of nitrogens with zero attached hydrogens (tertiary/aromatic N) is 3. The number of halogens is 1. The normalized spacial score (nSPS) is 23.2. The molecule has 2 heterocycles. The third kappa shape index (κ3) is 7.73. The van der Waals surface area contributed by atoms with Crippen molar-refractivity contribution in [1.29, 1.82) is 0 Å². The number of likely N-dealkylation sites (tertiary alicyclic amines) is 1. The van der Waals surface area contributed by atoms with Gasteiger partial charge in [-0.25, -0.2) is 0 Å². The van der Waals surface area contributed by atoms with Crippen LogP contribution in [0.4, 0.5) is 0 Å². The second-order valence-electron chi connectivity index (χ2n) is 12.1. The topological polar surface area (TPSA) is 59.3 Å². The summed E-state index contributed by atoms with van der Waals surface area (Å²) in [6, 6.07) is 9.23. The summed E-state index contributed by atoms with van der Waals surface area (Å²) in [5.74, 6) is 0.257. The van der Waals surface area contributed by atoms with E-state index in [2.05, 4.69) is 54.9 Å². The summed E-state index contributed by atoms with van der Waals surface area (Å²) in [4.78, 5) is 9.89. The van der Waals surface area contributed by atoms with E-state index in [9.17, 15) is 10.2 Å². The molecule has 3 aliphatic rings. The molecule has 39 heavy (non-hydrogen) atoms. The third-order valence-corrected chi connectivity index (χ3v) is 8.66. The van der Waals surface area contributed by atoms with E-state index in [1.54, 1.807) is 6.08 Å². The lowest BCUT2D eigenvalue weighted by atomic mass is 9.78. The SMILES string of the molecule is CC1=NCCC=C1/C(=C\CCN1CC[C@@H](N(Cc2ccc(Cl)cc2)C(C)C)C1)C1=C(O)C=CC(C(C)(C)O)C1. The van der Waals surface area contributed by atoms with E-state index in [1.165, 1.54) is 12.0 Å². The molecule has 6 heteroatoms. The molecule has 0 aromatic heterocycles. The fraction of sp³-hybridized carbons (Fsp3) is 0.545. The molecule has 1 saturated heterocycles. The van der Waals surface area contributed by atoms with Gasteiger partial charge in [0.15, 0.2) is 0 Å². The van der Waals surface area contributed by atoms with Crippen LogP contribution in [0.5, 0.6) is 0 Å². The van der Waals surface area contributed by atoms with Crippen molar-refractivity contribution >= 4 is 17.3 Å². The van der Waals surface area contributed by atoms with Crippen LogP contribution in [0.3, 0.4) is 0 Å². The second kappa shape index (κ2) is 13.0. The van der Waals surface area contributed by atoms with Gasteiger partial charge in [0, 0.05) is 60.5 Å². The minimum Gasteiger partial charge on any atom is -0.508 e. The second-order valence-corrected chi connectivity index (χ2v) is 12.5. The Bertz CT molecular complexity index is 1150. The highest BCUT2D eigenvalue weighted by Crippen LogP contribution is 2.37. The van der Waals surface area contributed by atoms with Gasteiger partial charge >= 0.3 is 0 Å². The Morgan fingerprint density at radius 3 is 2.67 bits per heavy atom. The van der Waals surface area contributed by atoms with Crippen LogP contribution in [0.2, 0.25) is 5.02 Å². The van der Waals surface area contributed by atoms with Gasteiger partial charge in [0.25, 0.3) is 0 Å². The van der Waals surface area contributed by atoms with Crippen LogP contribution < -0.4 is 0 Å². The molecule has 0 bridgehead atoms. The van der Waals surface area contributed by atoms with Gasteiger partial charge in [-0.1, -0.05) is 42.0 Å². The summed E-state index contributed by atoms with van der Waals surface area (Å²) in [5, 5.41) is 22.4. The molecule has 2 atom stereocenters. The minimum absolute atomic E-state index is 0.0461. The van der Waals surface area contributed by atoms with Gasteiger partial charge in [0.2, 0.25) is 0 Å². The maximum atomic E-state index is 10.9. The van der Waals surface area contributed by atoms with Crippen molar-refractivity contribution in [3.63, 3.8) is 0 Å². The number of rotatable bonds is 10. The number of aliphatic hydroxyl groups is 2. The third-order valence-electron chi connectivity index (χ3n) is 8.41. The molecule has 1 unspecified atom stereocenters. The van der Waals surface area contributed by atoms with Crippen molar-refractivity contribution in [3.05, 3.63) is 81.6 Å². The molecule has 2 aliphatic heterocycles. The Hall–Kier alpha value is -2.18.